The van der Waals surface area contributed by atoms with Crippen molar-refractivity contribution in [3.8, 4) is 0 Å². The van der Waals surface area contributed by atoms with Gasteiger partial charge in [0.2, 0.25) is 0 Å². The molecule has 0 radical (unpaired) electrons. The number of para-hydroxylation sites is 1. The number of nitrogens with zero attached hydrogens (tertiary/aromatic N) is 1. The second-order valence-corrected chi connectivity index (χ2v) is 6.84. The lowest BCUT2D eigenvalue weighted by atomic mass is 10.1. The van der Waals surface area contributed by atoms with Crippen LogP contribution >= 0.6 is 12.4 Å². The van der Waals surface area contributed by atoms with Crippen molar-refractivity contribution in [2.45, 2.75) is 31.3 Å². The molecule has 0 bridgehead atoms. The van der Waals surface area contributed by atoms with E-state index in [2.05, 4.69) is 41.3 Å². The smallest absolute Gasteiger partial charge is 0.309 e. The van der Waals surface area contributed by atoms with Crippen molar-refractivity contribution in [2.24, 2.45) is 5.92 Å². The minimum absolute atomic E-state index is 0. The molecule has 0 amide bonds. The molecule has 4 heteroatoms. The van der Waals surface area contributed by atoms with Crippen LogP contribution in [0.3, 0.4) is 0 Å². The number of carbonyl (C=O) groups excluding carboxylic acids is 1. The van der Waals surface area contributed by atoms with Crippen molar-refractivity contribution in [3.63, 3.8) is 0 Å². The zero-order valence-electron chi connectivity index (χ0n) is 14.2. The molecular weight excluding hydrogens is 334 g/mol. The molecule has 2 fully saturated rings. The second-order valence-electron chi connectivity index (χ2n) is 6.84. The average Bonchev–Trinajstić information content (AvgIpc) is 3.44. The molecule has 4 rings (SSSR count). The van der Waals surface area contributed by atoms with Gasteiger partial charge >= 0.3 is 5.97 Å². The highest BCUT2D eigenvalue weighted by Crippen LogP contribution is 2.48. The van der Waals surface area contributed by atoms with Gasteiger partial charge in [0.1, 0.15) is 6.10 Å². The number of esters is 1. The third-order valence-corrected chi connectivity index (χ3v) is 5.10. The van der Waals surface area contributed by atoms with Gasteiger partial charge in [0.05, 0.1) is 12.5 Å². The highest BCUT2D eigenvalue weighted by Gasteiger charge is 2.45. The van der Waals surface area contributed by atoms with Gasteiger partial charge in [-0.15, -0.1) is 12.4 Å². The zero-order valence-corrected chi connectivity index (χ0v) is 15.0. The Morgan fingerprint density at radius 2 is 1.68 bits per heavy atom. The molecule has 1 saturated heterocycles. The van der Waals surface area contributed by atoms with Gasteiger partial charge in [-0.2, -0.15) is 0 Å². The molecule has 1 saturated carbocycles. The fourth-order valence-corrected chi connectivity index (χ4v) is 3.68. The minimum Gasteiger partial charge on any atom is -0.460 e. The van der Waals surface area contributed by atoms with Gasteiger partial charge in [0.15, 0.2) is 0 Å². The molecule has 1 heterocycles. The van der Waals surface area contributed by atoms with Crippen LogP contribution in [0.2, 0.25) is 0 Å². The quantitative estimate of drug-likeness (QED) is 0.758. The van der Waals surface area contributed by atoms with Gasteiger partial charge in [0, 0.05) is 12.2 Å². The van der Waals surface area contributed by atoms with E-state index in [4.69, 9.17) is 4.74 Å². The van der Waals surface area contributed by atoms with Crippen LogP contribution in [-0.4, -0.2) is 25.2 Å². The van der Waals surface area contributed by atoms with E-state index in [0.717, 1.165) is 32.4 Å². The standard InChI is InChI=1S/C21H23NO2.ClH/c23-21(20-14-19(20)16-8-3-1-4-9-16)24-18-12-7-13-22(15-18)17-10-5-2-6-11-17;/h1-6,8-11,18-20H,7,12-15H2;1H/t18?,19-,20-;/m1./s1. The van der Waals surface area contributed by atoms with E-state index in [1.807, 2.05) is 24.3 Å². The van der Waals surface area contributed by atoms with Crippen LogP contribution in [0, 0.1) is 5.92 Å². The molecule has 0 N–H and O–H groups in total. The van der Waals surface area contributed by atoms with Crippen LogP contribution in [0.25, 0.3) is 0 Å². The molecule has 3 atom stereocenters. The van der Waals surface area contributed by atoms with Crippen LogP contribution in [0.5, 0.6) is 0 Å². The van der Waals surface area contributed by atoms with E-state index in [9.17, 15) is 4.79 Å². The minimum atomic E-state index is -0.0104. The number of hydrogen-bond donors (Lipinski definition) is 0. The molecule has 2 aromatic rings. The SMILES string of the molecule is Cl.O=C(OC1CCCN(c2ccccc2)C1)[C@@H]1C[C@@H]1c1ccccc1. The third-order valence-electron chi connectivity index (χ3n) is 5.10. The Labute approximate surface area is 155 Å². The molecule has 1 unspecified atom stereocenters. The number of ether oxygens (including phenoxy) is 1. The van der Waals surface area contributed by atoms with Gasteiger partial charge in [-0.3, -0.25) is 4.79 Å². The summed E-state index contributed by atoms with van der Waals surface area (Å²) in [6.07, 6.45) is 2.98. The monoisotopic (exact) mass is 357 g/mol. The van der Waals surface area contributed by atoms with Crippen LogP contribution in [0.1, 0.15) is 30.7 Å². The Morgan fingerprint density at radius 3 is 2.40 bits per heavy atom. The highest BCUT2D eigenvalue weighted by molar-refractivity contribution is 5.85. The Morgan fingerprint density at radius 1 is 1.00 bits per heavy atom. The van der Waals surface area contributed by atoms with Crippen molar-refractivity contribution in [1.29, 1.82) is 0 Å². The Hall–Kier alpha value is -2.00. The second kappa shape index (κ2) is 7.92. The molecule has 3 nitrogen and oxygen atoms in total. The summed E-state index contributed by atoms with van der Waals surface area (Å²) in [6.45, 7) is 1.84. The maximum absolute atomic E-state index is 12.5. The molecular formula is C21H24ClNO2. The Kier molecular flexibility index (Phi) is 5.64. The number of hydrogen-bond acceptors (Lipinski definition) is 3. The Bertz CT molecular complexity index is 692. The molecule has 1 aliphatic heterocycles. The number of piperidine rings is 1. The first-order valence-electron chi connectivity index (χ1n) is 8.87. The molecule has 1 aliphatic carbocycles. The fraction of sp³-hybridized carbons (Fsp3) is 0.381. The number of carbonyl (C=O) groups is 1. The summed E-state index contributed by atoms with van der Waals surface area (Å²) >= 11 is 0. The number of halogens is 1. The van der Waals surface area contributed by atoms with E-state index in [1.54, 1.807) is 0 Å². The van der Waals surface area contributed by atoms with Gasteiger partial charge in [-0.1, -0.05) is 48.5 Å². The van der Waals surface area contributed by atoms with Crippen LogP contribution in [0.15, 0.2) is 60.7 Å². The topological polar surface area (TPSA) is 29.5 Å². The maximum atomic E-state index is 12.5. The Balaban J connectivity index is 0.00000182. The van der Waals surface area contributed by atoms with E-state index >= 15 is 0 Å². The van der Waals surface area contributed by atoms with Crippen LogP contribution in [-0.2, 0) is 9.53 Å². The van der Waals surface area contributed by atoms with Crippen LogP contribution < -0.4 is 4.90 Å². The predicted molar refractivity (Wildman–Crippen MR) is 102 cm³/mol. The van der Waals surface area contributed by atoms with E-state index < -0.39 is 0 Å². The summed E-state index contributed by atoms with van der Waals surface area (Å²) < 4.78 is 5.84. The number of anilines is 1. The maximum Gasteiger partial charge on any atom is 0.309 e. The first-order chi connectivity index (χ1) is 11.8. The summed E-state index contributed by atoms with van der Waals surface area (Å²) in [5, 5.41) is 0. The van der Waals surface area contributed by atoms with Crippen molar-refractivity contribution >= 4 is 24.1 Å². The summed E-state index contributed by atoms with van der Waals surface area (Å²) in [5.41, 5.74) is 2.47. The van der Waals surface area contributed by atoms with Crippen molar-refractivity contribution in [3.05, 3.63) is 66.2 Å². The lowest BCUT2D eigenvalue weighted by Crippen LogP contribution is -2.40. The molecule has 2 aliphatic rings. The van der Waals surface area contributed by atoms with Gasteiger partial charge in [-0.25, -0.2) is 0 Å². The number of rotatable bonds is 4. The molecule has 132 valence electrons. The third kappa shape index (κ3) is 4.16. The number of benzene rings is 2. The lowest BCUT2D eigenvalue weighted by Gasteiger charge is -2.34. The molecule has 0 aromatic heterocycles. The van der Waals surface area contributed by atoms with E-state index in [0.29, 0.717) is 5.92 Å². The largest absolute Gasteiger partial charge is 0.460 e. The van der Waals surface area contributed by atoms with E-state index in [-0.39, 0.29) is 30.4 Å². The van der Waals surface area contributed by atoms with Crippen molar-refractivity contribution < 1.29 is 9.53 Å². The highest BCUT2D eigenvalue weighted by atomic mass is 35.5. The molecule has 0 spiro atoms. The first-order valence-corrected chi connectivity index (χ1v) is 8.87. The predicted octanol–water partition coefficient (Wildman–Crippen LogP) is 4.42. The summed E-state index contributed by atoms with van der Waals surface area (Å²) in [5.74, 6) is 0.399. The van der Waals surface area contributed by atoms with Crippen molar-refractivity contribution in [1.82, 2.24) is 0 Å². The van der Waals surface area contributed by atoms with Gasteiger partial charge in [0.25, 0.3) is 0 Å². The van der Waals surface area contributed by atoms with Crippen molar-refractivity contribution in [2.75, 3.05) is 18.0 Å². The molecule has 2 aromatic carbocycles. The summed E-state index contributed by atoms with van der Waals surface area (Å²) in [7, 11) is 0. The fourth-order valence-electron chi connectivity index (χ4n) is 3.68. The summed E-state index contributed by atoms with van der Waals surface area (Å²) in [4.78, 5) is 14.8. The lowest BCUT2D eigenvalue weighted by molar-refractivity contribution is -0.151. The van der Waals surface area contributed by atoms with Crippen LogP contribution in [0.4, 0.5) is 5.69 Å². The summed E-state index contributed by atoms with van der Waals surface area (Å²) in [6, 6.07) is 20.7. The normalized spacial score (nSPS) is 25.0. The molecule has 25 heavy (non-hydrogen) atoms. The zero-order chi connectivity index (χ0) is 16.4. The van der Waals surface area contributed by atoms with Gasteiger partial charge < -0.3 is 9.64 Å². The van der Waals surface area contributed by atoms with Gasteiger partial charge in [-0.05, 0) is 42.9 Å². The van der Waals surface area contributed by atoms with E-state index in [1.165, 1.54) is 11.3 Å². The average molecular weight is 358 g/mol. The first kappa shape index (κ1) is 17.8.